The summed E-state index contributed by atoms with van der Waals surface area (Å²) < 4.78 is 47.6. The minimum Gasteiger partial charge on any atom is -0.459 e. The molecule has 1 aromatic carbocycles. The van der Waals surface area contributed by atoms with Crippen LogP contribution in [-0.4, -0.2) is 46.1 Å². The lowest BCUT2D eigenvalue weighted by Gasteiger charge is -2.33. The fraction of sp³-hybridized carbons (Fsp3) is 0.300. The summed E-state index contributed by atoms with van der Waals surface area (Å²) in [6.45, 7) is 6.21. The molecule has 42 heavy (non-hydrogen) atoms. The van der Waals surface area contributed by atoms with Crippen molar-refractivity contribution in [1.29, 1.82) is 0 Å². The molecule has 0 spiro atoms. The second-order valence-corrected chi connectivity index (χ2v) is 10.5. The number of aromatic nitrogens is 1. The topological polar surface area (TPSA) is 117 Å². The second kappa shape index (κ2) is 13.4. The summed E-state index contributed by atoms with van der Waals surface area (Å²) in [5, 5.41) is 13.6. The third kappa shape index (κ3) is 7.87. The van der Waals surface area contributed by atoms with Crippen LogP contribution in [0.2, 0.25) is 0 Å². The Morgan fingerprint density at radius 1 is 1.29 bits per heavy atom. The quantitative estimate of drug-likeness (QED) is 0.123. The number of aliphatic hydroxyl groups excluding tert-OH is 1. The average molecular weight is 602 g/mol. The van der Waals surface area contributed by atoms with Gasteiger partial charge in [0, 0.05) is 47.3 Å². The number of rotatable bonds is 9. The molecule has 222 valence electrons. The molecule has 1 unspecified atom stereocenters. The smallest absolute Gasteiger partial charge is 0.420 e. The summed E-state index contributed by atoms with van der Waals surface area (Å²) in [5.74, 6) is -0.0810. The number of carbonyl (C=O) groups excluding carboxylic acids is 1. The minimum atomic E-state index is -4.69. The highest BCUT2D eigenvalue weighted by molar-refractivity contribution is 6.20. The van der Waals surface area contributed by atoms with Gasteiger partial charge in [0.05, 0.1) is 17.8 Å². The molecule has 12 heteroatoms. The van der Waals surface area contributed by atoms with Gasteiger partial charge >= 0.3 is 6.18 Å². The van der Waals surface area contributed by atoms with Gasteiger partial charge in [-0.3, -0.25) is 14.7 Å². The Hall–Kier alpha value is -3.93. The number of allylic oxidation sites excluding steroid dienone is 4. The molecule has 1 atom stereocenters. The lowest BCUT2D eigenvalue weighted by atomic mass is 10.0. The van der Waals surface area contributed by atoms with Crippen LogP contribution in [0, 0.1) is 0 Å². The van der Waals surface area contributed by atoms with Crippen molar-refractivity contribution in [2.45, 2.75) is 44.1 Å². The number of furan rings is 1. The Balaban J connectivity index is 1.51. The van der Waals surface area contributed by atoms with E-state index in [1.54, 1.807) is 37.3 Å². The van der Waals surface area contributed by atoms with Crippen LogP contribution in [-0.2, 0) is 17.5 Å². The summed E-state index contributed by atoms with van der Waals surface area (Å²) in [5.41, 5.74) is 6.05. The van der Waals surface area contributed by atoms with Crippen molar-refractivity contribution in [3.8, 4) is 11.3 Å². The maximum Gasteiger partial charge on any atom is 0.420 e. The number of nitrogens with one attached hydrogen (secondary N) is 1. The molecule has 1 saturated heterocycles. The van der Waals surface area contributed by atoms with Crippen LogP contribution < -0.4 is 11.1 Å². The largest absolute Gasteiger partial charge is 0.459 e. The van der Waals surface area contributed by atoms with Gasteiger partial charge in [0.25, 0.3) is 0 Å². The molecule has 3 aromatic rings. The van der Waals surface area contributed by atoms with Crippen LogP contribution in [0.1, 0.15) is 42.9 Å². The first-order chi connectivity index (χ1) is 19.9. The van der Waals surface area contributed by atoms with E-state index < -0.39 is 23.9 Å². The van der Waals surface area contributed by atoms with E-state index >= 15 is 0 Å². The van der Waals surface area contributed by atoms with Gasteiger partial charge in [0.1, 0.15) is 23.4 Å². The highest BCUT2D eigenvalue weighted by atomic mass is 35.5. The van der Waals surface area contributed by atoms with E-state index in [9.17, 15) is 23.1 Å². The molecule has 0 aliphatic carbocycles. The number of hydrogen-bond donors (Lipinski definition) is 3. The van der Waals surface area contributed by atoms with Crippen LogP contribution in [0.5, 0.6) is 0 Å². The number of aliphatic imine (C=N–C) groups is 1. The summed E-state index contributed by atoms with van der Waals surface area (Å²) >= 11 is 6.15. The molecule has 2 aromatic heterocycles. The Morgan fingerprint density at radius 3 is 2.67 bits per heavy atom. The van der Waals surface area contributed by atoms with E-state index in [0.717, 1.165) is 24.5 Å². The van der Waals surface area contributed by atoms with Crippen LogP contribution in [0.25, 0.3) is 22.2 Å². The lowest BCUT2D eigenvalue weighted by molar-refractivity contribution is -0.136. The molecule has 3 heterocycles. The maximum absolute atomic E-state index is 14.0. The Morgan fingerprint density at radius 2 is 2.02 bits per heavy atom. The molecule has 0 radical (unpaired) electrons. The SMILES string of the molecule is C=N\C(N)=C/C=C(C)/C=C/C(=O)NCc1cc2cc(-c3ccc(C(O)N4CCC(Cl)CC4)cn3)cc(C(F)(F)F)c2o1. The zero-order valence-electron chi connectivity index (χ0n) is 22.9. The highest BCUT2D eigenvalue weighted by Crippen LogP contribution is 2.39. The Bertz CT molecular complexity index is 1520. The van der Waals surface area contributed by atoms with Crippen molar-refractivity contribution < 1.29 is 27.5 Å². The molecular weight excluding hydrogens is 571 g/mol. The van der Waals surface area contributed by atoms with Gasteiger partial charge in [0.2, 0.25) is 5.91 Å². The van der Waals surface area contributed by atoms with E-state index in [-0.39, 0.29) is 40.0 Å². The van der Waals surface area contributed by atoms with Gasteiger partial charge in [0.15, 0.2) is 0 Å². The number of amides is 1. The number of nitrogens with two attached hydrogens (primary N) is 1. The minimum absolute atomic E-state index is 0.0871. The van der Waals surface area contributed by atoms with Crippen molar-refractivity contribution >= 4 is 35.2 Å². The van der Waals surface area contributed by atoms with E-state index in [2.05, 4.69) is 22.0 Å². The summed E-state index contributed by atoms with van der Waals surface area (Å²) in [4.78, 5) is 22.0. The Kier molecular flexibility index (Phi) is 9.87. The monoisotopic (exact) mass is 601 g/mol. The van der Waals surface area contributed by atoms with Gasteiger partial charge in [-0.1, -0.05) is 23.8 Å². The predicted octanol–water partition coefficient (Wildman–Crippen LogP) is 5.83. The van der Waals surface area contributed by atoms with Crippen LogP contribution in [0.4, 0.5) is 13.2 Å². The Labute approximate surface area is 246 Å². The normalized spacial score (nSPS) is 16.7. The number of carbonyl (C=O) groups is 1. The molecule has 0 saturated carbocycles. The van der Waals surface area contributed by atoms with Crippen molar-refractivity contribution in [3.05, 3.63) is 89.1 Å². The fourth-order valence-corrected chi connectivity index (χ4v) is 4.66. The number of piperidine rings is 1. The van der Waals surface area contributed by atoms with Gasteiger partial charge in [-0.15, -0.1) is 11.6 Å². The zero-order chi connectivity index (χ0) is 30.4. The van der Waals surface area contributed by atoms with Gasteiger partial charge in [-0.2, -0.15) is 13.2 Å². The lowest BCUT2D eigenvalue weighted by Crippen LogP contribution is -2.37. The van der Waals surface area contributed by atoms with Crippen LogP contribution >= 0.6 is 11.6 Å². The molecule has 4 rings (SSSR count). The number of halogens is 4. The highest BCUT2D eigenvalue weighted by Gasteiger charge is 2.35. The molecule has 8 nitrogen and oxygen atoms in total. The molecular formula is C30H31ClF3N5O3. The van der Waals surface area contributed by atoms with E-state index in [0.29, 0.717) is 24.3 Å². The number of hydrogen-bond acceptors (Lipinski definition) is 7. The first-order valence-corrected chi connectivity index (χ1v) is 13.6. The van der Waals surface area contributed by atoms with Gasteiger partial charge in [-0.05, 0) is 56.8 Å². The van der Waals surface area contributed by atoms with E-state index in [1.807, 2.05) is 4.90 Å². The standard InChI is InChI=1S/C30H31ClF3N5O3/c1-18(3-7-26(35)36-2)4-8-27(40)38-17-23-14-21-13-20(15-24(28(21)42-23)30(32,33)34)25-6-5-19(16-37-25)29(41)39-11-9-22(31)10-12-39/h3-8,13-16,22,29,41H,2,9-12,17,35H2,1H3,(H,38,40)/b8-4+,18-3+,26-7-. The number of likely N-dealkylation sites (tertiary alicyclic amines) is 1. The number of pyridine rings is 1. The number of nitrogens with zero attached hydrogens (tertiary/aromatic N) is 3. The fourth-order valence-electron chi connectivity index (χ4n) is 4.47. The van der Waals surface area contributed by atoms with Crippen molar-refractivity contribution in [1.82, 2.24) is 15.2 Å². The van der Waals surface area contributed by atoms with Crippen molar-refractivity contribution in [3.63, 3.8) is 0 Å². The first kappa shape index (κ1) is 31.0. The number of aliphatic hydroxyl groups is 1. The molecule has 1 aliphatic heterocycles. The third-order valence-electron chi connectivity index (χ3n) is 6.79. The predicted molar refractivity (Wildman–Crippen MR) is 156 cm³/mol. The summed E-state index contributed by atoms with van der Waals surface area (Å²) in [6, 6.07) is 7.22. The summed E-state index contributed by atoms with van der Waals surface area (Å²) in [7, 11) is 0. The zero-order valence-corrected chi connectivity index (χ0v) is 23.6. The molecule has 1 amide bonds. The summed E-state index contributed by atoms with van der Waals surface area (Å²) in [6.07, 6.45) is 3.43. The maximum atomic E-state index is 14.0. The average Bonchev–Trinajstić information content (AvgIpc) is 3.39. The molecule has 4 N–H and O–H groups in total. The van der Waals surface area contributed by atoms with Gasteiger partial charge < -0.3 is 20.6 Å². The van der Waals surface area contributed by atoms with Crippen LogP contribution in [0.15, 0.2) is 81.6 Å². The third-order valence-corrected chi connectivity index (χ3v) is 7.23. The molecule has 0 bridgehead atoms. The van der Waals surface area contributed by atoms with Crippen molar-refractivity contribution in [2.24, 2.45) is 10.7 Å². The molecule has 1 aliphatic rings. The van der Waals surface area contributed by atoms with Gasteiger partial charge in [-0.25, -0.2) is 4.99 Å². The molecule has 1 fully saturated rings. The number of alkyl halides is 4. The van der Waals surface area contributed by atoms with Crippen molar-refractivity contribution in [2.75, 3.05) is 13.1 Å². The number of benzene rings is 1. The number of fused-ring (bicyclic) bond motifs is 1. The van der Waals surface area contributed by atoms with E-state index in [1.165, 1.54) is 24.4 Å². The second-order valence-electron chi connectivity index (χ2n) is 9.93. The first-order valence-electron chi connectivity index (χ1n) is 13.2. The van der Waals surface area contributed by atoms with Crippen LogP contribution in [0.3, 0.4) is 0 Å². The van der Waals surface area contributed by atoms with E-state index in [4.69, 9.17) is 21.8 Å².